The first-order valence-corrected chi connectivity index (χ1v) is 7.73. The van der Waals surface area contributed by atoms with Crippen molar-refractivity contribution in [3.05, 3.63) is 0 Å². The van der Waals surface area contributed by atoms with Gasteiger partial charge in [0, 0.05) is 38.4 Å². The maximum atomic E-state index is 12.5. The number of alkyl halides is 2. The lowest BCUT2D eigenvalue weighted by Crippen LogP contribution is -2.42. The number of nitrogens with one attached hydrogen (secondary N) is 1. The summed E-state index contributed by atoms with van der Waals surface area (Å²) in [5, 5.41) is 2.87. The van der Waals surface area contributed by atoms with Crippen molar-refractivity contribution >= 4 is 30.9 Å². The highest BCUT2D eigenvalue weighted by molar-refractivity contribution is 7.54. The van der Waals surface area contributed by atoms with Gasteiger partial charge in [0.1, 0.15) is 6.23 Å². The van der Waals surface area contributed by atoms with E-state index in [0.717, 1.165) is 0 Å². The minimum atomic E-state index is -3.04. The predicted octanol–water partition coefficient (Wildman–Crippen LogP) is 1.86. The fourth-order valence-corrected chi connectivity index (χ4v) is 4.19. The number of nitrogens with zero attached hydrogens (tertiary/aromatic N) is 1. The van der Waals surface area contributed by atoms with Crippen LogP contribution in [0.3, 0.4) is 0 Å². The summed E-state index contributed by atoms with van der Waals surface area (Å²) in [7, 11) is -1.47. The maximum absolute atomic E-state index is 12.5. The maximum Gasteiger partial charge on any atom is 0.345 e. The molecule has 0 aromatic carbocycles. The third-order valence-electron chi connectivity index (χ3n) is 2.30. The van der Waals surface area contributed by atoms with E-state index in [1.165, 1.54) is 0 Å². The topological polar surface area (TPSA) is 50.8 Å². The van der Waals surface area contributed by atoms with Crippen molar-refractivity contribution in [3.63, 3.8) is 0 Å². The summed E-state index contributed by atoms with van der Waals surface area (Å²) < 4.78 is 24.6. The molecule has 16 heavy (non-hydrogen) atoms. The molecule has 1 rings (SSSR count). The van der Waals surface area contributed by atoms with Crippen molar-refractivity contribution in [2.24, 2.45) is 0 Å². The van der Waals surface area contributed by atoms with Crippen molar-refractivity contribution in [2.75, 3.05) is 38.6 Å². The van der Waals surface area contributed by atoms with Gasteiger partial charge in [0.25, 0.3) is 0 Å². The molecule has 1 N–H and O–H groups in total. The van der Waals surface area contributed by atoms with Crippen LogP contribution in [0, 0.1) is 0 Å². The summed E-state index contributed by atoms with van der Waals surface area (Å²) in [6.07, 6.45) is 0.434. The van der Waals surface area contributed by atoms with Gasteiger partial charge in [0.2, 0.25) is 0 Å². The van der Waals surface area contributed by atoms with Gasteiger partial charge in [-0.05, 0) is 0 Å². The molecule has 1 heterocycles. The molecular formula is C8H17Cl2N2O3P. The average molecular weight is 291 g/mol. The molecule has 0 aliphatic carbocycles. The van der Waals surface area contributed by atoms with Crippen LogP contribution in [0.15, 0.2) is 0 Å². The number of ether oxygens (including phenoxy) is 1. The van der Waals surface area contributed by atoms with Crippen LogP contribution in [0.4, 0.5) is 0 Å². The summed E-state index contributed by atoms with van der Waals surface area (Å²) >= 11 is 11.3. The van der Waals surface area contributed by atoms with Crippen LogP contribution >= 0.6 is 30.9 Å². The minimum absolute atomic E-state index is 0.243. The van der Waals surface area contributed by atoms with Gasteiger partial charge in [-0.2, -0.15) is 0 Å². The summed E-state index contributed by atoms with van der Waals surface area (Å²) in [6.45, 7) is 1.34. The van der Waals surface area contributed by atoms with Crippen molar-refractivity contribution < 1.29 is 13.8 Å². The first kappa shape index (κ1) is 14.7. The number of hydrogen-bond donors (Lipinski definition) is 1. The number of rotatable bonds is 6. The van der Waals surface area contributed by atoms with Gasteiger partial charge < -0.3 is 9.26 Å². The van der Waals surface area contributed by atoms with E-state index in [2.05, 4.69) is 5.09 Å². The highest BCUT2D eigenvalue weighted by atomic mass is 35.5. The molecule has 2 atom stereocenters. The quantitative estimate of drug-likeness (QED) is 0.598. The van der Waals surface area contributed by atoms with Gasteiger partial charge in [-0.15, -0.1) is 23.2 Å². The second kappa shape index (κ2) is 7.17. The molecule has 1 aliphatic rings. The minimum Gasteiger partial charge on any atom is -0.366 e. The Balaban J connectivity index is 2.67. The van der Waals surface area contributed by atoms with Gasteiger partial charge in [0.15, 0.2) is 0 Å². The molecule has 96 valence electrons. The normalized spacial score (nSPS) is 30.9. The molecule has 5 nitrogen and oxygen atoms in total. The standard InChI is InChI=1S/C8H17Cl2N2O3P/c1-14-8-2-7-15-16(13,11-8)12(5-3-9)6-4-10/h8H,2-7H2,1H3,(H,11,13)/t8-,16?/m0/s1. The average Bonchev–Trinajstić information content (AvgIpc) is 2.29. The summed E-state index contributed by atoms with van der Waals surface area (Å²) in [5.74, 6) is 0.757. The fourth-order valence-electron chi connectivity index (χ4n) is 1.47. The third-order valence-corrected chi connectivity index (χ3v) is 4.93. The summed E-state index contributed by atoms with van der Waals surface area (Å²) in [4.78, 5) is 0. The highest BCUT2D eigenvalue weighted by Gasteiger charge is 2.37. The molecule has 0 bridgehead atoms. The number of methoxy groups -OCH3 is 1. The van der Waals surface area contributed by atoms with E-state index in [1.54, 1.807) is 11.8 Å². The highest BCUT2D eigenvalue weighted by Crippen LogP contribution is 2.49. The predicted molar refractivity (Wildman–Crippen MR) is 65.1 cm³/mol. The monoisotopic (exact) mass is 290 g/mol. The molecule has 8 heteroatoms. The van der Waals surface area contributed by atoms with Crippen LogP contribution < -0.4 is 5.09 Å². The lowest BCUT2D eigenvalue weighted by atomic mass is 10.4. The van der Waals surface area contributed by atoms with Crippen molar-refractivity contribution in [3.8, 4) is 0 Å². The van der Waals surface area contributed by atoms with E-state index in [-0.39, 0.29) is 6.23 Å². The van der Waals surface area contributed by atoms with Crippen LogP contribution in [0.25, 0.3) is 0 Å². The Kier molecular flexibility index (Phi) is 6.59. The largest absolute Gasteiger partial charge is 0.366 e. The molecule has 0 saturated carbocycles. The number of hydrogen-bond acceptors (Lipinski definition) is 3. The third kappa shape index (κ3) is 3.84. The fraction of sp³-hybridized carbons (Fsp3) is 1.00. The van der Waals surface area contributed by atoms with Crippen LogP contribution in [-0.2, 0) is 13.8 Å². The summed E-state index contributed by atoms with van der Waals surface area (Å²) in [5.41, 5.74) is 0. The Morgan fingerprint density at radius 2 is 2.12 bits per heavy atom. The first-order valence-electron chi connectivity index (χ1n) is 5.09. The Labute approximate surface area is 106 Å². The molecule has 1 fully saturated rings. The van der Waals surface area contributed by atoms with Crippen LogP contribution in [0.5, 0.6) is 0 Å². The zero-order valence-electron chi connectivity index (χ0n) is 9.20. The van der Waals surface area contributed by atoms with Crippen LogP contribution in [0.1, 0.15) is 6.42 Å². The van der Waals surface area contributed by atoms with E-state index in [9.17, 15) is 4.57 Å². The van der Waals surface area contributed by atoms with Gasteiger partial charge in [-0.1, -0.05) is 0 Å². The van der Waals surface area contributed by atoms with Crippen LogP contribution in [0.2, 0.25) is 0 Å². The molecule has 0 aromatic heterocycles. The van der Waals surface area contributed by atoms with Gasteiger partial charge >= 0.3 is 7.67 Å². The van der Waals surface area contributed by atoms with Gasteiger partial charge in [-0.25, -0.2) is 9.76 Å². The summed E-state index contributed by atoms with van der Waals surface area (Å²) in [6, 6.07) is 0. The van der Waals surface area contributed by atoms with Crippen molar-refractivity contribution in [2.45, 2.75) is 12.6 Å². The molecule has 1 saturated heterocycles. The van der Waals surface area contributed by atoms with E-state index in [1.807, 2.05) is 0 Å². The molecule has 0 aromatic rings. The molecule has 0 spiro atoms. The molecule has 1 aliphatic heterocycles. The molecule has 1 unspecified atom stereocenters. The second-order valence-corrected chi connectivity index (χ2v) is 6.21. The Morgan fingerprint density at radius 1 is 1.50 bits per heavy atom. The zero-order chi connectivity index (χ0) is 12.0. The van der Waals surface area contributed by atoms with Crippen LogP contribution in [-0.4, -0.2) is 49.5 Å². The number of halogens is 2. The Morgan fingerprint density at radius 3 is 2.62 bits per heavy atom. The lowest BCUT2D eigenvalue weighted by molar-refractivity contribution is 0.0452. The zero-order valence-corrected chi connectivity index (χ0v) is 11.6. The van der Waals surface area contributed by atoms with Crippen molar-refractivity contribution in [1.29, 1.82) is 0 Å². The Bertz CT molecular complexity index is 251. The van der Waals surface area contributed by atoms with Crippen molar-refractivity contribution in [1.82, 2.24) is 9.76 Å². The molecule has 0 amide bonds. The smallest absolute Gasteiger partial charge is 0.345 e. The van der Waals surface area contributed by atoms with E-state index < -0.39 is 7.67 Å². The van der Waals surface area contributed by atoms with E-state index in [4.69, 9.17) is 32.5 Å². The van der Waals surface area contributed by atoms with Gasteiger partial charge in [0.05, 0.1) is 6.61 Å². The van der Waals surface area contributed by atoms with E-state index in [0.29, 0.717) is 37.9 Å². The second-order valence-electron chi connectivity index (χ2n) is 3.33. The lowest BCUT2D eigenvalue weighted by Gasteiger charge is -2.36. The van der Waals surface area contributed by atoms with Gasteiger partial charge in [-0.3, -0.25) is 4.57 Å². The Hall–Kier alpha value is 0.650. The first-order chi connectivity index (χ1) is 7.66. The molecule has 0 radical (unpaired) electrons. The molecular weight excluding hydrogens is 274 g/mol. The SMILES string of the molecule is CO[C@H]1CCOP(=O)(N(CCCl)CCCl)N1. The van der Waals surface area contributed by atoms with E-state index >= 15 is 0 Å².